The molecule has 100 valence electrons. The predicted molar refractivity (Wildman–Crippen MR) is 76.0 cm³/mol. The van der Waals surface area contributed by atoms with Crippen molar-refractivity contribution in [3.63, 3.8) is 0 Å². The van der Waals surface area contributed by atoms with Crippen molar-refractivity contribution in [2.45, 2.75) is 38.1 Å². The van der Waals surface area contributed by atoms with Gasteiger partial charge in [-0.3, -0.25) is 0 Å². The van der Waals surface area contributed by atoms with E-state index in [1.165, 1.54) is 32.1 Å². The number of nitrogens with one attached hydrogen (secondary N) is 1. The Morgan fingerprint density at radius 1 is 1.22 bits per heavy atom. The van der Waals surface area contributed by atoms with Crippen molar-refractivity contribution < 1.29 is 4.74 Å². The van der Waals surface area contributed by atoms with Gasteiger partial charge < -0.3 is 15.8 Å². The van der Waals surface area contributed by atoms with Crippen molar-refractivity contribution in [3.8, 4) is 5.75 Å². The van der Waals surface area contributed by atoms with Crippen molar-refractivity contribution in [1.82, 2.24) is 0 Å². The molecule has 18 heavy (non-hydrogen) atoms. The summed E-state index contributed by atoms with van der Waals surface area (Å²) < 4.78 is 5.16. The standard InChI is InChI=1S/C15H24N2O/c1-18-14-9-7-13(8-10-14)17-15(11-16)12-5-3-2-4-6-12/h7-10,12,15,17H,2-6,11,16H2,1H3. The topological polar surface area (TPSA) is 47.3 Å². The van der Waals surface area contributed by atoms with E-state index >= 15 is 0 Å². The number of benzene rings is 1. The van der Waals surface area contributed by atoms with Crippen molar-refractivity contribution >= 4 is 5.69 Å². The third kappa shape index (κ3) is 3.39. The van der Waals surface area contributed by atoms with Crippen LogP contribution in [-0.2, 0) is 0 Å². The molecule has 0 aliphatic heterocycles. The fourth-order valence-corrected chi connectivity index (χ4v) is 2.81. The Bertz CT molecular complexity index is 344. The fourth-order valence-electron chi connectivity index (χ4n) is 2.81. The second-order valence-electron chi connectivity index (χ2n) is 5.11. The minimum Gasteiger partial charge on any atom is -0.497 e. The van der Waals surface area contributed by atoms with E-state index in [1.807, 2.05) is 12.1 Å². The number of hydrogen-bond donors (Lipinski definition) is 2. The molecule has 3 N–H and O–H groups in total. The first-order valence-electron chi connectivity index (χ1n) is 6.94. The first-order valence-corrected chi connectivity index (χ1v) is 6.94. The van der Waals surface area contributed by atoms with E-state index < -0.39 is 0 Å². The summed E-state index contributed by atoms with van der Waals surface area (Å²) in [5.41, 5.74) is 7.06. The molecule has 0 bridgehead atoms. The van der Waals surface area contributed by atoms with Crippen molar-refractivity contribution in [1.29, 1.82) is 0 Å². The van der Waals surface area contributed by atoms with Crippen LogP contribution in [0.15, 0.2) is 24.3 Å². The molecule has 1 saturated carbocycles. The van der Waals surface area contributed by atoms with Gasteiger partial charge in [-0.25, -0.2) is 0 Å². The molecule has 0 spiro atoms. The third-order valence-electron chi connectivity index (χ3n) is 3.91. The molecular formula is C15H24N2O. The molecule has 3 nitrogen and oxygen atoms in total. The van der Waals surface area contributed by atoms with E-state index in [4.69, 9.17) is 10.5 Å². The largest absolute Gasteiger partial charge is 0.497 e. The Morgan fingerprint density at radius 2 is 1.89 bits per heavy atom. The van der Waals surface area contributed by atoms with Crippen molar-refractivity contribution in [2.24, 2.45) is 11.7 Å². The monoisotopic (exact) mass is 248 g/mol. The van der Waals surface area contributed by atoms with Gasteiger partial charge in [0.25, 0.3) is 0 Å². The zero-order valence-corrected chi connectivity index (χ0v) is 11.2. The second kappa shape index (κ2) is 6.64. The van der Waals surface area contributed by atoms with E-state index in [0.717, 1.165) is 17.4 Å². The lowest BCUT2D eigenvalue weighted by atomic mass is 9.84. The van der Waals surface area contributed by atoms with E-state index in [-0.39, 0.29) is 0 Å². The minimum absolute atomic E-state index is 0.402. The molecule has 1 atom stereocenters. The van der Waals surface area contributed by atoms with Crippen LogP contribution in [0.25, 0.3) is 0 Å². The number of rotatable bonds is 5. The molecule has 0 radical (unpaired) electrons. The van der Waals surface area contributed by atoms with Crippen LogP contribution in [0.5, 0.6) is 5.75 Å². The maximum atomic E-state index is 5.92. The van der Waals surface area contributed by atoms with E-state index in [2.05, 4.69) is 17.4 Å². The van der Waals surface area contributed by atoms with Gasteiger partial charge in [0.2, 0.25) is 0 Å². The molecular weight excluding hydrogens is 224 g/mol. The van der Waals surface area contributed by atoms with Gasteiger partial charge in [-0.1, -0.05) is 19.3 Å². The average molecular weight is 248 g/mol. The van der Waals surface area contributed by atoms with Crippen LogP contribution in [-0.4, -0.2) is 19.7 Å². The SMILES string of the molecule is COc1ccc(NC(CN)C2CCCCC2)cc1. The molecule has 2 rings (SSSR count). The lowest BCUT2D eigenvalue weighted by Gasteiger charge is -2.30. The summed E-state index contributed by atoms with van der Waals surface area (Å²) >= 11 is 0. The summed E-state index contributed by atoms with van der Waals surface area (Å²) in [6.07, 6.45) is 6.71. The molecule has 1 aliphatic rings. The number of methoxy groups -OCH3 is 1. The lowest BCUT2D eigenvalue weighted by molar-refractivity contribution is 0.320. The number of anilines is 1. The normalized spacial score (nSPS) is 18.3. The van der Waals surface area contributed by atoms with E-state index in [9.17, 15) is 0 Å². The maximum Gasteiger partial charge on any atom is 0.119 e. The Morgan fingerprint density at radius 3 is 2.44 bits per heavy atom. The zero-order chi connectivity index (χ0) is 12.8. The first kappa shape index (κ1) is 13.2. The van der Waals surface area contributed by atoms with Crippen LogP contribution in [0.3, 0.4) is 0 Å². The highest BCUT2D eigenvalue weighted by molar-refractivity contribution is 5.47. The molecule has 0 heterocycles. The van der Waals surface area contributed by atoms with Gasteiger partial charge in [0.05, 0.1) is 7.11 Å². The highest BCUT2D eigenvalue weighted by Gasteiger charge is 2.22. The summed E-state index contributed by atoms with van der Waals surface area (Å²) in [6.45, 7) is 0.705. The Hall–Kier alpha value is -1.22. The van der Waals surface area contributed by atoms with Gasteiger partial charge >= 0.3 is 0 Å². The van der Waals surface area contributed by atoms with Gasteiger partial charge in [0.15, 0.2) is 0 Å². The predicted octanol–water partition coefficient (Wildman–Crippen LogP) is 3.01. The molecule has 1 aromatic rings. The van der Waals surface area contributed by atoms with E-state index in [1.54, 1.807) is 7.11 Å². The fraction of sp³-hybridized carbons (Fsp3) is 0.600. The first-order chi connectivity index (χ1) is 8.83. The number of ether oxygens (including phenoxy) is 1. The second-order valence-corrected chi connectivity index (χ2v) is 5.11. The zero-order valence-electron chi connectivity index (χ0n) is 11.2. The van der Waals surface area contributed by atoms with Crippen LogP contribution in [0.4, 0.5) is 5.69 Å². The van der Waals surface area contributed by atoms with Crippen LogP contribution >= 0.6 is 0 Å². The summed E-state index contributed by atoms with van der Waals surface area (Å²) in [7, 11) is 1.69. The van der Waals surface area contributed by atoms with Gasteiger partial charge in [-0.05, 0) is 43.0 Å². The smallest absolute Gasteiger partial charge is 0.119 e. The Kier molecular flexibility index (Phi) is 4.88. The molecule has 1 fully saturated rings. The quantitative estimate of drug-likeness (QED) is 0.842. The van der Waals surface area contributed by atoms with E-state index in [0.29, 0.717) is 12.6 Å². The molecule has 0 amide bonds. The minimum atomic E-state index is 0.402. The average Bonchev–Trinajstić information content (AvgIpc) is 2.46. The molecule has 1 aliphatic carbocycles. The lowest BCUT2D eigenvalue weighted by Crippen LogP contribution is -2.37. The molecule has 1 aromatic carbocycles. The summed E-state index contributed by atoms with van der Waals surface area (Å²) in [6, 6.07) is 8.49. The maximum absolute atomic E-state index is 5.92. The molecule has 1 unspecified atom stereocenters. The highest BCUT2D eigenvalue weighted by atomic mass is 16.5. The van der Waals surface area contributed by atoms with Crippen molar-refractivity contribution in [3.05, 3.63) is 24.3 Å². The summed E-state index contributed by atoms with van der Waals surface area (Å²) in [5.74, 6) is 1.62. The molecule has 0 aromatic heterocycles. The molecule has 0 saturated heterocycles. The highest BCUT2D eigenvalue weighted by Crippen LogP contribution is 2.28. The van der Waals surface area contributed by atoms with Crippen LogP contribution < -0.4 is 15.8 Å². The number of hydrogen-bond acceptors (Lipinski definition) is 3. The summed E-state index contributed by atoms with van der Waals surface area (Å²) in [4.78, 5) is 0. The Balaban J connectivity index is 1.95. The van der Waals surface area contributed by atoms with Gasteiger partial charge in [0, 0.05) is 18.3 Å². The Labute approximate surface area is 110 Å². The number of nitrogens with two attached hydrogens (primary N) is 1. The van der Waals surface area contributed by atoms with Crippen LogP contribution in [0, 0.1) is 5.92 Å². The van der Waals surface area contributed by atoms with Gasteiger partial charge in [-0.15, -0.1) is 0 Å². The summed E-state index contributed by atoms with van der Waals surface area (Å²) in [5, 5.41) is 3.57. The van der Waals surface area contributed by atoms with Crippen LogP contribution in [0.1, 0.15) is 32.1 Å². The van der Waals surface area contributed by atoms with Gasteiger partial charge in [0.1, 0.15) is 5.75 Å². The third-order valence-corrected chi connectivity index (χ3v) is 3.91. The van der Waals surface area contributed by atoms with Gasteiger partial charge in [-0.2, -0.15) is 0 Å². The van der Waals surface area contributed by atoms with Crippen LogP contribution in [0.2, 0.25) is 0 Å². The van der Waals surface area contributed by atoms with Crippen molar-refractivity contribution in [2.75, 3.05) is 19.0 Å². The molecule has 3 heteroatoms.